The lowest BCUT2D eigenvalue weighted by Crippen LogP contribution is -2.47. The van der Waals surface area contributed by atoms with Crippen molar-refractivity contribution in [1.82, 2.24) is 4.90 Å². The Morgan fingerprint density at radius 3 is 2.57 bits per heavy atom. The van der Waals surface area contributed by atoms with E-state index in [4.69, 9.17) is 4.74 Å². The van der Waals surface area contributed by atoms with Crippen LogP contribution in [0.1, 0.15) is 39.0 Å². The van der Waals surface area contributed by atoms with Crippen molar-refractivity contribution < 1.29 is 14.6 Å². The van der Waals surface area contributed by atoms with Gasteiger partial charge in [-0.15, -0.1) is 0 Å². The Labute approximate surface area is 137 Å². The molecule has 0 bridgehead atoms. The Kier molecular flexibility index (Phi) is 5.06. The number of aliphatic hydroxyl groups is 1. The molecule has 23 heavy (non-hydrogen) atoms. The Balaban J connectivity index is 1.52. The summed E-state index contributed by atoms with van der Waals surface area (Å²) >= 11 is 0. The quantitative estimate of drug-likeness (QED) is 0.899. The van der Waals surface area contributed by atoms with Gasteiger partial charge >= 0.3 is 6.03 Å². The molecule has 3 rings (SSSR count). The smallest absolute Gasteiger partial charge is 0.321 e. The highest BCUT2D eigenvalue weighted by Gasteiger charge is 2.27. The van der Waals surface area contributed by atoms with Crippen molar-refractivity contribution in [2.24, 2.45) is 5.92 Å². The number of piperidine rings is 1. The molecular formula is C18H26N2O3. The van der Waals surface area contributed by atoms with Gasteiger partial charge in [0.2, 0.25) is 0 Å². The first kappa shape index (κ1) is 16.1. The number of hydrogen-bond acceptors (Lipinski definition) is 3. The zero-order valence-corrected chi connectivity index (χ0v) is 13.7. The first-order valence-corrected chi connectivity index (χ1v) is 8.62. The number of aliphatic hydroxyl groups excluding tert-OH is 1. The van der Waals surface area contributed by atoms with Gasteiger partial charge in [0.25, 0.3) is 0 Å². The molecular weight excluding hydrogens is 292 g/mol. The van der Waals surface area contributed by atoms with E-state index >= 15 is 0 Å². The number of amides is 2. The van der Waals surface area contributed by atoms with E-state index in [0.29, 0.717) is 19.2 Å². The fourth-order valence-corrected chi connectivity index (χ4v) is 3.25. The molecule has 2 aliphatic rings. The van der Waals surface area contributed by atoms with Crippen LogP contribution in [0.4, 0.5) is 10.5 Å². The minimum absolute atomic E-state index is 0.152. The van der Waals surface area contributed by atoms with Crippen molar-refractivity contribution in [2.75, 3.05) is 18.4 Å². The van der Waals surface area contributed by atoms with Crippen LogP contribution in [0, 0.1) is 5.92 Å². The van der Waals surface area contributed by atoms with Crippen LogP contribution in [0.25, 0.3) is 0 Å². The van der Waals surface area contributed by atoms with Crippen molar-refractivity contribution in [1.29, 1.82) is 0 Å². The number of nitrogens with zero attached hydrogens (tertiary/aromatic N) is 1. The predicted molar refractivity (Wildman–Crippen MR) is 89.7 cm³/mol. The van der Waals surface area contributed by atoms with Gasteiger partial charge in [-0.3, -0.25) is 0 Å². The Hall–Kier alpha value is -1.75. The molecule has 1 heterocycles. The number of likely N-dealkylation sites (tertiary alicyclic amines) is 1. The third-order valence-electron chi connectivity index (χ3n) is 4.92. The molecule has 1 aromatic rings. The van der Waals surface area contributed by atoms with Gasteiger partial charge < -0.3 is 20.1 Å². The van der Waals surface area contributed by atoms with E-state index in [1.165, 1.54) is 12.8 Å². The van der Waals surface area contributed by atoms with E-state index in [1.807, 2.05) is 31.2 Å². The molecule has 1 saturated heterocycles. The summed E-state index contributed by atoms with van der Waals surface area (Å²) < 4.78 is 5.92. The zero-order chi connectivity index (χ0) is 16.2. The molecule has 0 spiro atoms. The van der Waals surface area contributed by atoms with E-state index in [2.05, 4.69) is 5.32 Å². The lowest BCUT2D eigenvalue weighted by Gasteiger charge is -2.34. The van der Waals surface area contributed by atoms with Gasteiger partial charge in [0.05, 0.1) is 12.2 Å². The number of β-amino-alcohol motifs (C(OH)–C–C–N with tert-alkyl or cyclic N) is 1. The third-order valence-corrected chi connectivity index (χ3v) is 4.92. The van der Waals surface area contributed by atoms with E-state index in [0.717, 1.165) is 30.7 Å². The van der Waals surface area contributed by atoms with Crippen LogP contribution in [-0.2, 0) is 0 Å². The summed E-state index contributed by atoms with van der Waals surface area (Å²) in [6, 6.07) is 7.39. The summed E-state index contributed by atoms with van der Waals surface area (Å²) in [6.07, 6.45) is 5.51. The lowest BCUT2D eigenvalue weighted by atomic mass is 9.96. The van der Waals surface area contributed by atoms with Crippen molar-refractivity contribution in [2.45, 2.75) is 51.2 Å². The molecule has 1 aliphatic carbocycles. The van der Waals surface area contributed by atoms with E-state index in [1.54, 1.807) is 4.90 Å². The number of urea groups is 1. The van der Waals surface area contributed by atoms with Crippen LogP contribution < -0.4 is 10.1 Å². The second-order valence-electron chi connectivity index (χ2n) is 6.76. The van der Waals surface area contributed by atoms with Crippen LogP contribution in [-0.4, -0.2) is 41.3 Å². The second kappa shape index (κ2) is 7.21. The molecule has 126 valence electrons. The molecule has 0 aromatic heterocycles. The Morgan fingerprint density at radius 2 is 1.91 bits per heavy atom. The number of carbonyl (C=O) groups is 1. The molecule has 2 fully saturated rings. The number of nitrogens with one attached hydrogen (secondary N) is 1. The average Bonchev–Trinajstić information content (AvgIpc) is 3.05. The Morgan fingerprint density at radius 1 is 1.22 bits per heavy atom. The number of carbonyl (C=O) groups excluding carboxylic acids is 1. The van der Waals surface area contributed by atoms with Gasteiger partial charge in [0.15, 0.2) is 0 Å². The van der Waals surface area contributed by atoms with Gasteiger partial charge in [0, 0.05) is 18.8 Å². The molecule has 1 saturated carbocycles. The zero-order valence-electron chi connectivity index (χ0n) is 13.7. The van der Waals surface area contributed by atoms with Crippen LogP contribution >= 0.6 is 0 Å². The molecule has 1 aromatic carbocycles. The molecule has 2 N–H and O–H groups in total. The fraction of sp³-hybridized carbons (Fsp3) is 0.611. The molecule has 5 heteroatoms. The number of benzene rings is 1. The van der Waals surface area contributed by atoms with Crippen molar-refractivity contribution in [3.63, 3.8) is 0 Å². The van der Waals surface area contributed by atoms with Gasteiger partial charge in [0.1, 0.15) is 5.75 Å². The third kappa shape index (κ3) is 4.16. The number of hydrogen-bond donors (Lipinski definition) is 2. The molecule has 5 nitrogen and oxygen atoms in total. The maximum atomic E-state index is 12.3. The van der Waals surface area contributed by atoms with Crippen LogP contribution in [0.15, 0.2) is 24.3 Å². The number of rotatable bonds is 3. The lowest BCUT2D eigenvalue weighted by molar-refractivity contribution is 0.0464. The topological polar surface area (TPSA) is 61.8 Å². The summed E-state index contributed by atoms with van der Waals surface area (Å²) in [5, 5.41) is 12.8. The first-order valence-electron chi connectivity index (χ1n) is 8.62. The van der Waals surface area contributed by atoms with Crippen LogP contribution in [0.2, 0.25) is 0 Å². The van der Waals surface area contributed by atoms with E-state index < -0.39 is 6.10 Å². The first-order chi connectivity index (χ1) is 11.1. The molecule has 0 radical (unpaired) electrons. The highest BCUT2D eigenvalue weighted by atomic mass is 16.5. The average molecular weight is 318 g/mol. The van der Waals surface area contributed by atoms with E-state index in [9.17, 15) is 9.90 Å². The molecule has 2 atom stereocenters. The summed E-state index contributed by atoms with van der Waals surface area (Å²) in [4.78, 5) is 13.9. The van der Waals surface area contributed by atoms with Gasteiger partial charge in [-0.25, -0.2) is 4.79 Å². The molecule has 1 aliphatic heterocycles. The van der Waals surface area contributed by atoms with Crippen molar-refractivity contribution >= 4 is 11.7 Å². The minimum atomic E-state index is -0.434. The molecule has 2 unspecified atom stereocenters. The normalized spacial score (nSPS) is 25.4. The standard InChI is InChI=1S/C18H26N2O3/c1-13-10-11-20(12-17(13)21)18(22)19-14-6-8-16(9-7-14)23-15-4-2-3-5-15/h6-9,13,15,17,21H,2-5,10-12H2,1H3,(H,19,22). The maximum Gasteiger partial charge on any atom is 0.321 e. The second-order valence-corrected chi connectivity index (χ2v) is 6.76. The SMILES string of the molecule is CC1CCN(C(=O)Nc2ccc(OC3CCCC3)cc2)CC1O. The Bertz CT molecular complexity index is 526. The summed E-state index contributed by atoms with van der Waals surface area (Å²) in [7, 11) is 0. The fourth-order valence-electron chi connectivity index (χ4n) is 3.25. The monoisotopic (exact) mass is 318 g/mol. The molecule has 2 amide bonds. The van der Waals surface area contributed by atoms with Gasteiger partial charge in [-0.1, -0.05) is 6.92 Å². The summed E-state index contributed by atoms with van der Waals surface area (Å²) in [5.74, 6) is 1.11. The number of anilines is 1. The van der Waals surface area contributed by atoms with Gasteiger partial charge in [-0.2, -0.15) is 0 Å². The number of ether oxygens (including phenoxy) is 1. The highest BCUT2D eigenvalue weighted by molar-refractivity contribution is 5.89. The van der Waals surface area contributed by atoms with Crippen molar-refractivity contribution in [3.05, 3.63) is 24.3 Å². The van der Waals surface area contributed by atoms with Crippen LogP contribution in [0.3, 0.4) is 0 Å². The highest BCUT2D eigenvalue weighted by Crippen LogP contribution is 2.25. The summed E-state index contributed by atoms with van der Waals surface area (Å²) in [6.45, 7) is 3.10. The van der Waals surface area contributed by atoms with Crippen LogP contribution in [0.5, 0.6) is 5.75 Å². The van der Waals surface area contributed by atoms with E-state index in [-0.39, 0.29) is 11.9 Å². The predicted octanol–water partition coefficient (Wildman–Crippen LogP) is 3.24. The van der Waals surface area contributed by atoms with Gasteiger partial charge in [-0.05, 0) is 62.3 Å². The largest absolute Gasteiger partial charge is 0.490 e. The maximum absolute atomic E-state index is 12.3. The summed E-state index contributed by atoms with van der Waals surface area (Å²) in [5.41, 5.74) is 0.752. The van der Waals surface area contributed by atoms with Crippen molar-refractivity contribution in [3.8, 4) is 5.75 Å². The minimum Gasteiger partial charge on any atom is -0.490 e.